The molecule has 0 bridgehead atoms. The Morgan fingerprint density at radius 3 is 2.53 bits per heavy atom. The maximum absolute atomic E-state index is 11.2. The maximum Gasteiger partial charge on any atom is 0.224 e. The number of anilines is 1. The van der Waals surface area contributed by atoms with E-state index in [1.54, 1.807) is 7.05 Å². The largest absolute Gasteiger partial charge is 0.378 e. The summed E-state index contributed by atoms with van der Waals surface area (Å²) in [6.45, 7) is 3.46. The van der Waals surface area contributed by atoms with Gasteiger partial charge in [-0.1, -0.05) is 12.1 Å². The van der Waals surface area contributed by atoms with Crippen LogP contribution in [-0.2, 0) is 16.0 Å². The smallest absolute Gasteiger partial charge is 0.224 e. The Balaban J connectivity index is 1.99. The molecular formula is C13H18N2O2. The number of likely N-dealkylation sites (N-methyl/N-ethyl adjacent to an activating group) is 1. The minimum absolute atomic E-state index is 0.0455. The third-order valence-corrected chi connectivity index (χ3v) is 2.96. The van der Waals surface area contributed by atoms with Crippen molar-refractivity contribution in [1.29, 1.82) is 0 Å². The number of ether oxygens (including phenoxy) is 1. The Bertz CT molecular complexity index is 370. The second-order valence-corrected chi connectivity index (χ2v) is 4.12. The highest BCUT2D eigenvalue weighted by atomic mass is 16.5. The van der Waals surface area contributed by atoms with Gasteiger partial charge in [-0.25, -0.2) is 0 Å². The SMILES string of the molecule is CNC(=O)Cc1ccc(N2CCOCC2)cc1. The zero-order valence-electron chi connectivity index (χ0n) is 10.1. The van der Waals surface area contributed by atoms with Crippen LogP contribution in [0.5, 0.6) is 0 Å². The molecule has 4 heteroatoms. The van der Waals surface area contributed by atoms with Crippen LogP contribution in [0, 0.1) is 0 Å². The fourth-order valence-electron chi connectivity index (χ4n) is 1.92. The number of hydrogen-bond acceptors (Lipinski definition) is 3. The molecule has 0 aromatic heterocycles. The van der Waals surface area contributed by atoms with E-state index in [0.29, 0.717) is 6.42 Å². The van der Waals surface area contributed by atoms with E-state index < -0.39 is 0 Å². The molecule has 1 aromatic rings. The van der Waals surface area contributed by atoms with Crippen molar-refractivity contribution < 1.29 is 9.53 Å². The van der Waals surface area contributed by atoms with Gasteiger partial charge in [-0.15, -0.1) is 0 Å². The highest BCUT2D eigenvalue weighted by Crippen LogP contribution is 2.16. The van der Waals surface area contributed by atoms with E-state index in [0.717, 1.165) is 31.9 Å². The Morgan fingerprint density at radius 1 is 1.29 bits per heavy atom. The van der Waals surface area contributed by atoms with Crippen molar-refractivity contribution in [2.24, 2.45) is 0 Å². The summed E-state index contributed by atoms with van der Waals surface area (Å²) in [7, 11) is 1.66. The summed E-state index contributed by atoms with van der Waals surface area (Å²) in [5, 5.41) is 2.63. The van der Waals surface area contributed by atoms with E-state index in [1.807, 2.05) is 12.1 Å². The van der Waals surface area contributed by atoms with Gasteiger partial charge in [0.25, 0.3) is 0 Å². The fraction of sp³-hybridized carbons (Fsp3) is 0.462. The lowest BCUT2D eigenvalue weighted by molar-refractivity contribution is -0.119. The predicted molar refractivity (Wildman–Crippen MR) is 67.2 cm³/mol. The standard InChI is InChI=1S/C13H18N2O2/c1-14-13(16)10-11-2-4-12(5-3-11)15-6-8-17-9-7-15/h2-5H,6-10H2,1H3,(H,14,16). The Labute approximate surface area is 102 Å². The van der Waals surface area contributed by atoms with Crippen LogP contribution in [0.2, 0.25) is 0 Å². The quantitative estimate of drug-likeness (QED) is 0.841. The summed E-state index contributed by atoms with van der Waals surface area (Å²) in [4.78, 5) is 13.5. The number of morpholine rings is 1. The van der Waals surface area contributed by atoms with Gasteiger partial charge < -0.3 is 15.0 Å². The third kappa shape index (κ3) is 3.20. The molecule has 4 nitrogen and oxygen atoms in total. The van der Waals surface area contributed by atoms with Crippen molar-refractivity contribution in [1.82, 2.24) is 5.32 Å². The van der Waals surface area contributed by atoms with E-state index in [-0.39, 0.29) is 5.91 Å². The van der Waals surface area contributed by atoms with Crippen LogP contribution in [0.1, 0.15) is 5.56 Å². The lowest BCUT2D eigenvalue weighted by atomic mass is 10.1. The molecule has 1 aliphatic rings. The third-order valence-electron chi connectivity index (χ3n) is 2.96. The van der Waals surface area contributed by atoms with Crippen molar-refractivity contribution in [3.05, 3.63) is 29.8 Å². The van der Waals surface area contributed by atoms with Gasteiger partial charge in [0.2, 0.25) is 5.91 Å². The van der Waals surface area contributed by atoms with Gasteiger partial charge in [-0.05, 0) is 17.7 Å². The first kappa shape index (κ1) is 11.9. The van der Waals surface area contributed by atoms with Crippen LogP contribution in [-0.4, -0.2) is 39.3 Å². The molecule has 0 radical (unpaired) electrons. The molecule has 1 aromatic carbocycles. The number of hydrogen-bond donors (Lipinski definition) is 1. The molecule has 0 spiro atoms. The molecule has 1 heterocycles. The average Bonchev–Trinajstić information content (AvgIpc) is 2.40. The Morgan fingerprint density at radius 2 is 1.94 bits per heavy atom. The van der Waals surface area contributed by atoms with Crippen LogP contribution >= 0.6 is 0 Å². The van der Waals surface area contributed by atoms with Crippen LogP contribution in [0.25, 0.3) is 0 Å². The molecule has 1 fully saturated rings. The molecule has 0 saturated carbocycles. The normalized spacial score (nSPS) is 15.7. The number of rotatable bonds is 3. The molecule has 17 heavy (non-hydrogen) atoms. The summed E-state index contributed by atoms with van der Waals surface area (Å²) >= 11 is 0. The first-order valence-electron chi connectivity index (χ1n) is 5.92. The van der Waals surface area contributed by atoms with Gasteiger partial charge in [0, 0.05) is 25.8 Å². The molecule has 0 aliphatic carbocycles. The Kier molecular flexibility index (Phi) is 3.98. The zero-order chi connectivity index (χ0) is 12.1. The van der Waals surface area contributed by atoms with Crippen molar-refractivity contribution in [2.75, 3.05) is 38.3 Å². The average molecular weight is 234 g/mol. The minimum Gasteiger partial charge on any atom is -0.378 e. The van der Waals surface area contributed by atoms with Crippen molar-refractivity contribution in [2.45, 2.75) is 6.42 Å². The lowest BCUT2D eigenvalue weighted by Gasteiger charge is -2.28. The van der Waals surface area contributed by atoms with Gasteiger partial charge in [0.05, 0.1) is 19.6 Å². The molecule has 0 unspecified atom stereocenters. The van der Waals surface area contributed by atoms with Crippen molar-refractivity contribution in [3.8, 4) is 0 Å². The highest BCUT2D eigenvalue weighted by molar-refractivity contribution is 5.78. The molecule has 1 saturated heterocycles. The zero-order valence-corrected chi connectivity index (χ0v) is 10.1. The van der Waals surface area contributed by atoms with E-state index in [2.05, 4.69) is 22.3 Å². The molecular weight excluding hydrogens is 216 g/mol. The summed E-state index contributed by atoms with van der Waals surface area (Å²) in [6.07, 6.45) is 0.444. The molecule has 1 aliphatic heterocycles. The Hall–Kier alpha value is -1.55. The van der Waals surface area contributed by atoms with E-state index in [4.69, 9.17) is 4.74 Å². The second-order valence-electron chi connectivity index (χ2n) is 4.12. The number of carbonyl (C=O) groups is 1. The summed E-state index contributed by atoms with van der Waals surface area (Å²) in [5.74, 6) is 0.0455. The highest BCUT2D eigenvalue weighted by Gasteiger charge is 2.10. The molecule has 92 valence electrons. The topological polar surface area (TPSA) is 41.6 Å². The number of amides is 1. The van der Waals surface area contributed by atoms with Crippen LogP contribution in [0.3, 0.4) is 0 Å². The molecule has 0 atom stereocenters. The lowest BCUT2D eigenvalue weighted by Crippen LogP contribution is -2.36. The van der Waals surface area contributed by atoms with Crippen LogP contribution in [0.4, 0.5) is 5.69 Å². The minimum atomic E-state index is 0.0455. The van der Waals surface area contributed by atoms with E-state index in [1.165, 1.54) is 5.69 Å². The number of nitrogens with one attached hydrogen (secondary N) is 1. The second kappa shape index (κ2) is 5.68. The molecule has 1 N–H and O–H groups in total. The monoisotopic (exact) mass is 234 g/mol. The molecule has 2 rings (SSSR count). The summed E-state index contributed by atoms with van der Waals surface area (Å²) in [5.41, 5.74) is 2.25. The number of nitrogens with zero attached hydrogens (tertiary/aromatic N) is 1. The fourth-order valence-corrected chi connectivity index (χ4v) is 1.92. The number of carbonyl (C=O) groups excluding carboxylic acids is 1. The van der Waals surface area contributed by atoms with Crippen molar-refractivity contribution in [3.63, 3.8) is 0 Å². The van der Waals surface area contributed by atoms with Gasteiger partial charge in [-0.2, -0.15) is 0 Å². The first-order valence-corrected chi connectivity index (χ1v) is 5.92. The van der Waals surface area contributed by atoms with E-state index >= 15 is 0 Å². The van der Waals surface area contributed by atoms with Gasteiger partial charge in [0.1, 0.15) is 0 Å². The molecule has 1 amide bonds. The van der Waals surface area contributed by atoms with Gasteiger partial charge in [-0.3, -0.25) is 4.79 Å². The van der Waals surface area contributed by atoms with Gasteiger partial charge in [0.15, 0.2) is 0 Å². The maximum atomic E-state index is 11.2. The van der Waals surface area contributed by atoms with Crippen molar-refractivity contribution >= 4 is 11.6 Å². The first-order chi connectivity index (χ1) is 8.29. The van der Waals surface area contributed by atoms with Crippen LogP contribution < -0.4 is 10.2 Å². The van der Waals surface area contributed by atoms with Crippen LogP contribution in [0.15, 0.2) is 24.3 Å². The van der Waals surface area contributed by atoms with Gasteiger partial charge >= 0.3 is 0 Å². The number of benzene rings is 1. The summed E-state index contributed by atoms with van der Waals surface area (Å²) in [6, 6.07) is 8.17. The summed E-state index contributed by atoms with van der Waals surface area (Å²) < 4.78 is 5.32. The van der Waals surface area contributed by atoms with E-state index in [9.17, 15) is 4.79 Å². The predicted octanol–water partition coefficient (Wildman–Crippen LogP) is 0.812.